The van der Waals surface area contributed by atoms with Crippen LogP contribution in [-0.4, -0.2) is 29.9 Å². The molecule has 0 atom stereocenters. The van der Waals surface area contributed by atoms with E-state index < -0.39 is 0 Å². The summed E-state index contributed by atoms with van der Waals surface area (Å²) >= 11 is 0. The molecule has 19 heavy (non-hydrogen) atoms. The molecule has 1 aliphatic carbocycles. The highest BCUT2D eigenvalue weighted by atomic mass is 16.2. The molecule has 0 spiro atoms. The minimum absolute atomic E-state index is 0.324. The summed E-state index contributed by atoms with van der Waals surface area (Å²) in [5, 5.41) is 0. The second-order valence-electron chi connectivity index (χ2n) is 5.89. The molecule has 0 aromatic heterocycles. The van der Waals surface area contributed by atoms with Gasteiger partial charge < -0.3 is 10.6 Å². The Morgan fingerprint density at radius 3 is 2.37 bits per heavy atom. The summed E-state index contributed by atoms with van der Waals surface area (Å²) in [6.45, 7) is 5.61. The van der Waals surface area contributed by atoms with Crippen molar-refractivity contribution < 1.29 is 4.79 Å². The maximum atomic E-state index is 12.4. The van der Waals surface area contributed by atoms with Gasteiger partial charge in [-0.2, -0.15) is 0 Å². The first-order valence-electron chi connectivity index (χ1n) is 8.22. The minimum atomic E-state index is 0.324. The van der Waals surface area contributed by atoms with Gasteiger partial charge in [0.1, 0.15) is 0 Å². The van der Waals surface area contributed by atoms with Crippen LogP contribution in [-0.2, 0) is 4.79 Å². The fraction of sp³-hybridized carbons (Fsp3) is 0.938. The lowest BCUT2D eigenvalue weighted by Crippen LogP contribution is -2.42. The van der Waals surface area contributed by atoms with Crippen molar-refractivity contribution in [1.29, 1.82) is 0 Å². The summed E-state index contributed by atoms with van der Waals surface area (Å²) in [6, 6.07) is 0.377. The van der Waals surface area contributed by atoms with Gasteiger partial charge in [0.05, 0.1) is 0 Å². The van der Waals surface area contributed by atoms with E-state index in [1.54, 1.807) is 0 Å². The van der Waals surface area contributed by atoms with Crippen molar-refractivity contribution in [3.63, 3.8) is 0 Å². The van der Waals surface area contributed by atoms with E-state index in [0.717, 1.165) is 38.1 Å². The zero-order valence-corrected chi connectivity index (χ0v) is 12.9. The lowest BCUT2D eigenvalue weighted by Gasteiger charge is -2.31. The highest BCUT2D eigenvalue weighted by Gasteiger charge is 2.22. The molecular weight excluding hydrogens is 236 g/mol. The van der Waals surface area contributed by atoms with E-state index in [1.807, 2.05) is 4.90 Å². The predicted molar refractivity (Wildman–Crippen MR) is 80.9 cm³/mol. The van der Waals surface area contributed by atoms with Gasteiger partial charge in [-0.25, -0.2) is 0 Å². The van der Waals surface area contributed by atoms with E-state index in [0.29, 0.717) is 18.5 Å². The summed E-state index contributed by atoms with van der Waals surface area (Å²) < 4.78 is 0. The van der Waals surface area contributed by atoms with Crippen LogP contribution >= 0.6 is 0 Å². The molecule has 0 aromatic carbocycles. The number of rotatable bonds is 8. The quantitative estimate of drug-likeness (QED) is 0.734. The Morgan fingerprint density at radius 1 is 1.21 bits per heavy atom. The third-order valence-electron chi connectivity index (χ3n) is 4.56. The fourth-order valence-corrected chi connectivity index (χ4v) is 3.33. The fourth-order valence-electron chi connectivity index (χ4n) is 3.33. The third-order valence-corrected chi connectivity index (χ3v) is 4.56. The summed E-state index contributed by atoms with van der Waals surface area (Å²) in [7, 11) is 0. The van der Waals surface area contributed by atoms with Gasteiger partial charge in [0.25, 0.3) is 0 Å². The molecule has 0 saturated heterocycles. The first-order chi connectivity index (χ1) is 9.22. The van der Waals surface area contributed by atoms with E-state index in [1.165, 1.54) is 32.1 Å². The molecule has 0 heterocycles. The van der Waals surface area contributed by atoms with Crippen LogP contribution in [0.25, 0.3) is 0 Å². The van der Waals surface area contributed by atoms with Crippen LogP contribution in [0.2, 0.25) is 0 Å². The van der Waals surface area contributed by atoms with Gasteiger partial charge in [-0.3, -0.25) is 4.79 Å². The molecule has 1 rings (SSSR count). The van der Waals surface area contributed by atoms with Gasteiger partial charge in [0.15, 0.2) is 0 Å². The van der Waals surface area contributed by atoms with Crippen LogP contribution in [0.1, 0.15) is 71.6 Å². The Bertz CT molecular complexity index is 245. The largest absolute Gasteiger partial charge is 0.338 e. The Morgan fingerprint density at radius 2 is 1.84 bits per heavy atom. The zero-order chi connectivity index (χ0) is 14.1. The summed E-state index contributed by atoms with van der Waals surface area (Å²) in [6.07, 6.45) is 10.6. The number of hydrogen-bond donors (Lipinski definition) is 1. The number of nitrogens with zero attached hydrogens (tertiary/aromatic N) is 1. The average Bonchev–Trinajstić information content (AvgIpc) is 2.46. The maximum absolute atomic E-state index is 12.4. The van der Waals surface area contributed by atoms with Crippen LogP contribution in [0.3, 0.4) is 0 Å². The van der Waals surface area contributed by atoms with Gasteiger partial charge >= 0.3 is 0 Å². The van der Waals surface area contributed by atoms with Crippen molar-refractivity contribution in [2.24, 2.45) is 11.7 Å². The van der Waals surface area contributed by atoms with Crippen molar-refractivity contribution in [3.05, 3.63) is 0 Å². The van der Waals surface area contributed by atoms with E-state index in [4.69, 9.17) is 5.73 Å². The number of carbonyl (C=O) groups is 1. The van der Waals surface area contributed by atoms with E-state index in [-0.39, 0.29) is 0 Å². The van der Waals surface area contributed by atoms with Gasteiger partial charge in [-0.1, -0.05) is 46.0 Å². The normalized spacial score (nSPS) is 16.8. The molecule has 0 aromatic rings. The molecule has 0 bridgehead atoms. The second kappa shape index (κ2) is 9.35. The second-order valence-corrected chi connectivity index (χ2v) is 5.89. The number of amides is 1. The van der Waals surface area contributed by atoms with Crippen LogP contribution in [0, 0.1) is 5.92 Å². The Kier molecular flexibility index (Phi) is 8.11. The molecule has 2 N–H and O–H groups in total. The monoisotopic (exact) mass is 268 g/mol. The van der Waals surface area contributed by atoms with Gasteiger partial charge in [-0.05, 0) is 25.2 Å². The van der Waals surface area contributed by atoms with E-state index in [9.17, 15) is 4.79 Å². The van der Waals surface area contributed by atoms with Crippen LogP contribution in [0.5, 0.6) is 0 Å². The standard InChI is InChI=1S/C16H32N2O/c1-3-15(4-2)18(13-12-17)16(19)11-10-14-8-6-5-7-9-14/h14-15H,3-13,17H2,1-2H3. The smallest absolute Gasteiger partial charge is 0.222 e. The number of nitrogens with two attached hydrogens (primary N) is 1. The molecule has 1 aliphatic rings. The van der Waals surface area contributed by atoms with Crippen LogP contribution in [0.4, 0.5) is 0 Å². The Balaban J connectivity index is 2.41. The first kappa shape index (κ1) is 16.5. The molecule has 1 fully saturated rings. The molecular formula is C16H32N2O. The number of carbonyl (C=O) groups excluding carboxylic acids is 1. The van der Waals surface area contributed by atoms with Crippen molar-refractivity contribution in [2.75, 3.05) is 13.1 Å². The summed E-state index contributed by atoms with van der Waals surface area (Å²) in [4.78, 5) is 14.4. The summed E-state index contributed by atoms with van der Waals surface area (Å²) in [5.41, 5.74) is 5.66. The van der Waals surface area contributed by atoms with Gasteiger partial charge in [0.2, 0.25) is 5.91 Å². The third kappa shape index (κ3) is 5.52. The van der Waals surface area contributed by atoms with Crippen molar-refractivity contribution in [1.82, 2.24) is 4.90 Å². The summed E-state index contributed by atoms with van der Waals surface area (Å²) in [5.74, 6) is 1.11. The minimum Gasteiger partial charge on any atom is -0.338 e. The number of hydrogen-bond acceptors (Lipinski definition) is 2. The molecule has 0 unspecified atom stereocenters. The van der Waals surface area contributed by atoms with E-state index in [2.05, 4.69) is 13.8 Å². The highest BCUT2D eigenvalue weighted by Crippen LogP contribution is 2.27. The van der Waals surface area contributed by atoms with Crippen LogP contribution < -0.4 is 5.73 Å². The first-order valence-corrected chi connectivity index (χ1v) is 8.22. The molecule has 3 heteroatoms. The van der Waals surface area contributed by atoms with Crippen molar-refractivity contribution in [2.45, 2.75) is 77.7 Å². The van der Waals surface area contributed by atoms with Crippen molar-refractivity contribution >= 4 is 5.91 Å². The lowest BCUT2D eigenvalue weighted by molar-refractivity contribution is -0.134. The van der Waals surface area contributed by atoms with Crippen LogP contribution in [0.15, 0.2) is 0 Å². The topological polar surface area (TPSA) is 46.3 Å². The lowest BCUT2D eigenvalue weighted by atomic mass is 9.86. The molecule has 1 saturated carbocycles. The predicted octanol–water partition coefficient (Wildman–Crippen LogP) is 3.32. The van der Waals surface area contributed by atoms with Gasteiger partial charge in [0, 0.05) is 25.6 Å². The maximum Gasteiger partial charge on any atom is 0.222 e. The SMILES string of the molecule is CCC(CC)N(CCN)C(=O)CCC1CCCCC1. The highest BCUT2D eigenvalue weighted by molar-refractivity contribution is 5.76. The Hall–Kier alpha value is -0.570. The average molecular weight is 268 g/mol. The van der Waals surface area contributed by atoms with Crippen molar-refractivity contribution in [3.8, 4) is 0 Å². The molecule has 0 aliphatic heterocycles. The molecule has 112 valence electrons. The van der Waals surface area contributed by atoms with Gasteiger partial charge in [-0.15, -0.1) is 0 Å². The Labute approximate surface area is 118 Å². The zero-order valence-electron chi connectivity index (χ0n) is 12.9. The molecule has 3 nitrogen and oxygen atoms in total. The molecule has 1 amide bonds. The molecule has 0 radical (unpaired) electrons. The van der Waals surface area contributed by atoms with E-state index >= 15 is 0 Å².